The molecule has 0 aromatic heterocycles. The molecule has 0 rings (SSSR count). The van der Waals surface area contributed by atoms with Crippen LogP contribution in [0.1, 0.15) is 13.8 Å². The number of hydrogen-bond acceptors (Lipinski definition) is 6. The van der Waals surface area contributed by atoms with Gasteiger partial charge in [-0.15, -0.1) is 0 Å². The van der Waals surface area contributed by atoms with E-state index in [4.69, 9.17) is 0 Å². The smallest absolute Gasteiger partial charge is 0.381 e. The van der Waals surface area contributed by atoms with Gasteiger partial charge in [-0.05, 0) is 13.8 Å². The van der Waals surface area contributed by atoms with E-state index in [9.17, 15) is 40.7 Å². The molecule has 0 spiro atoms. The van der Waals surface area contributed by atoms with E-state index in [-0.39, 0.29) is 0 Å². The van der Waals surface area contributed by atoms with Crippen LogP contribution in [0.5, 0.6) is 0 Å². The van der Waals surface area contributed by atoms with Crippen LogP contribution in [0.2, 0.25) is 0 Å². The van der Waals surface area contributed by atoms with E-state index in [1.165, 1.54) is 6.26 Å². The number of carbonyl (C=O) groups excluding carboxylic acids is 3. The third-order valence-corrected chi connectivity index (χ3v) is 1.55. The molecule has 0 N–H and O–H groups in total. The Labute approximate surface area is 145 Å². The van der Waals surface area contributed by atoms with Gasteiger partial charge >= 0.3 is 24.8 Å². The number of esters is 2. The van der Waals surface area contributed by atoms with Gasteiger partial charge in [0.2, 0.25) is 5.78 Å². The summed E-state index contributed by atoms with van der Waals surface area (Å²) in [6.45, 7) is 8.03. The molecule has 0 fully saturated rings. The molecule has 0 bridgehead atoms. The third kappa shape index (κ3) is 21.5. The lowest BCUT2D eigenvalue weighted by molar-refractivity contribution is -0.174. The van der Waals surface area contributed by atoms with Crippen molar-refractivity contribution >= 4 is 17.7 Å². The van der Waals surface area contributed by atoms with Crippen molar-refractivity contribution in [1.29, 1.82) is 0 Å². The predicted octanol–water partition coefficient (Wildman–Crippen LogP) is 3.12. The summed E-state index contributed by atoms with van der Waals surface area (Å²) in [4.78, 5) is 29.6. The molecule has 0 amide bonds. The van der Waals surface area contributed by atoms with E-state index in [0.717, 1.165) is 12.9 Å². The van der Waals surface area contributed by atoms with Crippen molar-refractivity contribution in [2.45, 2.75) is 33.1 Å². The van der Waals surface area contributed by atoms with Gasteiger partial charge in [-0.3, -0.25) is 4.79 Å². The molecule has 0 aromatic carbocycles. The van der Waals surface area contributed by atoms with Crippen LogP contribution in [0.3, 0.4) is 0 Å². The van der Waals surface area contributed by atoms with Gasteiger partial charge in [0, 0.05) is 6.08 Å². The molecule has 152 valence electrons. The van der Waals surface area contributed by atoms with E-state index < -0.39 is 37.0 Å². The highest BCUT2D eigenvalue weighted by Crippen LogP contribution is 2.00. The number of ether oxygens (including phenoxy) is 3. The summed E-state index contributed by atoms with van der Waals surface area (Å²) in [7, 11) is 0. The van der Waals surface area contributed by atoms with E-state index >= 15 is 0 Å². The Morgan fingerprint density at radius 2 is 1.27 bits per heavy atom. The Hall–Kier alpha value is -2.53. The van der Waals surface area contributed by atoms with Gasteiger partial charge in [-0.25, -0.2) is 18.4 Å². The summed E-state index contributed by atoms with van der Waals surface area (Å²) in [5.74, 6) is -5.76. The maximum atomic E-state index is 11.4. The second kappa shape index (κ2) is 18.8. The number of allylic oxidation sites excluding steroid dienone is 1. The Morgan fingerprint density at radius 1 is 0.846 bits per heavy atom. The lowest BCUT2D eigenvalue weighted by Crippen LogP contribution is -2.23. The molecule has 0 aromatic rings. The Bertz CT molecular complexity index is 422. The molecular weight excluding hydrogens is 378 g/mol. The number of ketones is 1. The van der Waals surface area contributed by atoms with Crippen LogP contribution >= 0.6 is 0 Å². The third-order valence-electron chi connectivity index (χ3n) is 1.55. The van der Waals surface area contributed by atoms with Crippen LogP contribution in [0.4, 0.5) is 26.3 Å². The van der Waals surface area contributed by atoms with Crippen LogP contribution in [0.15, 0.2) is 25.2 Å². The second-order valence-electron chi connectivity index (χ2n) is 3.42. The maximum Gasteiger partial charge on any atom is 0.381 e. The molecule has 0 radical (unpaired) electrons. The van der Waals surface area contributed by atoms with Crippen molar-refractivity contribution in [3.8, 4) is 0 Å². The minimum absolute atomic E-state index is 0.368. The summed E-state index contributed by atoms with van der Waals surface area (Å²) in [6.07, 6.45) is -6.96. The van der Waals surface area contributed by atoms with Crippen LogP contribution in [-0.2, 0) is 28.6 Å². The van der Waals surface area contributed by atoms with Gasteiger partial charge < -0.3 is 14.2 Å². The highest BCUT2D eigenvalue weighted by Gasteiger charge is 2.26. The molecular formula is C14H18F6O6. The zero-order valence-corrected chi connectivity index (χ0v) is 13.8. The van der Waals surface area contributed by atoms with Crippen LogP contribution < -0.4 is 0 Å². The van der Waals surface area contributed by atoms with Gasteiger partial charge in [0.1, 0.15) is 0 Å². The zero-order valence-electron chi connectivity index (χ0n) is 13.8. The predicted molar refractivity (Wildman–Crippen MR) is 76.7 cm³/mol. The van der Waals surface area contributed by atoms with Crippen molar-refractivity contribution in [3.63, 3.8) is 0 Å². The molecule has 12 heteroatoms. The standard InChI is InChI=1S/C6H8F2O2.C4H2F4O3.C4H8O/c1-2-10-4-3-5(9)6(7)8;5-1(6)3(9)11-4(10)2(7)8;1-3-5-4-2/h3-4,6H,2H2,1H3;1-2H;3H,1,4H2,2H3/b4-3+;;. The highest BCUT2D eigenvalue weighted by molar-refractivity contribution is 5.92. The normalized spacial score (nSPS) is 9.81. The molecule has 0 aliphatic carbocycles. The van der Waals surface area contributed by atoms with E-state index in [2.05, 4.69) is 20.8 Å². The number of alkyl halides is 6. The van der Waals surface area contributed by atoms with Crippen LogP contribution in [-0.4, -0.2) is 50.2 Å². The van der Waals surface area contributed by atoms with Crippen molar-refractivity contribution in [2.75, 3.05) is 13.2 Å². The lowest BCUT2D eigenvalue weighted by atomic mass is 10.4. The summed E-state index contributed by atoms with van der Waals surface area (Å²) >= 11 is 0. The maximum absolute atomic E-state index is 11.4. The molecule has 0 aliphatic heterocycles. The fourth-order valence-electron chi connectivity index (χ4n) is 0.590. The summed E-state index contributed by atoms with van der Waals surface area (Å²) < 4.78 is 79.6. The quantitative estimate of drug-likeness (QED) is 0.206. The minimum Gasteiger partial charge on any atom is -0.502 e. The Balaban J connectivity index is -0.000000327. The second-order valence-corrected chi connectivity index (χ2v) is 3.42. The van der Waals surface area contributed by atoms with E-state index in [1.54, 1.807) is 6.92 Å². The van der Waals surface area contributed by atoms with Gasteiger partial charge in [-0.1, -0.05) is 6.58 Å². The highest BCUT2D eigenvalue weighted by atomic mass is 19.3. The average Bonchev–Trinajstić information content (AvgIpc) is 2.56. The number of hydrogen-bond donors (Lipinski definition) is 0. The summed E-state index contributed by atoms with van der Waals surface area (Å²) in [5.41, 5.74) is 0. The fourth-order valence-corrected chi connectivity index (χ4v) is 0.590. The van der Waals surface area contributed by atoms with Crippen LogP contribution in [0.25, 0.3) is 0 Å². The summed E-state index contributed by atoms with van der Waals surface area (Å²) in [5, 5.41) is 0. The Kier molecular flexibility index (Phi) is 20.5. The first-order valence-electron chi connectivity index (χ1n) is 6.69. The van der Waals surface area contributed by atoms with Gasteiger partial charge in [0.25, 0.3) is 6.43 Å². The number of halogens is 6. The topological polar surface area (TPSA) is 78.9 Å². The molecule has 0 atom stereocenters. The van der Waals surface area contributed by atoms with Crippen LogP contribution in [0, 0.1) is 0 Å². The summed E-state index contributed by atoms with van der Waals surface area (Å²) in [6, 6.07) is 0. The zero-order chi connectivity index (χ0) is 21.1. The molecule has 0 unspecified atom stereocenters. The average molecular weight is 396 g/mol. The fraction of sp³-hybridized carbons (Fsp3) is 0.500. The molecule has 0 saturated heterocycles. The van der Waals surface area contributed by atoms with Gasteiger partial charge in [-0.2, -0.15) is 17.6 Å². The molecule has 26 heavy (non-hydrogen) atoms. The van der Waals surface area contributed by atoms with Crippen molar-refractivity contribution < 1.29 is 54.9 Å². The number of rotatable bonds is 8. The Morgan fingerprint density at radius 3 is 1.50 bits per heavy atom. The van der Waals surface area contributed by atoms with Crippen molar-refractivity contribution in [3.05, 3.63) is 25.2 Å². The lowest BCUT2D eigenvalue weighted by Gasteiger charge is -1.99. The first-order chi connectivity index (χ1) is 12.0. The molecule has 6 nitrogen and oxygen atoms in total. The molecule has 0 aliphatic rings. The molecule has 0 heterocycles. The molecule has 0 saturated carbocycles. The van der Waals surface area contributed by atoms with Crippen molar-refractivity contribution in [1.82, 2.24) is 0 Å². The first-order valence-corrected chi connectivity index (χ1v) is 6.69. The van der Waals surface area contributed by atoms with E-state index in [1.807, 2.05) is 6.92 Å². The minimum atomic E-state index is -3.57. The SMILES string of the molecule is C=COCC.CCO/C=C/C(=O)C(F)F.O=C(OC(=O)C(F)F)C(F)F. The largest absolute Gasteiger partial charge is 0.502 e. The van der Waals surface area contributed by atoms with E-state index in [0.29, 0.717) is 12.7 Å². The van der Waals surface area contributed by atoms with Crippen molar-refractivity contribution in [2.24, 2.45) is 0 Å². The number of carbonyl (C=O) groups is 3. The van der Waals surface area contributed by atoms with Gasteiger partial charge in [0.05, 0.1) is 25.7 Å². The first kappa shape index (κ1) is 28.3. The van der Waals surface area contributed by atoms with Gasteiger partial charge in [0.15, 0.2) is 0 Å². The monoisotopic (exact) mass is 396 g/mol.